The standard InChI is InChI=1S/C12H17FN2O3S/c1-18-10-4-3-9(7-10)15-19(16,17)12-6-8(13)2-5-11(12)14/h2,5-6,9-10,15H,3-4,7,14H2,1H3. The van der Waals surface area contributed by atoms with E-state index in [0.717, 1.165) is 18.6 Å². The van der Waals surface area contributed by atoms with Crippen molar-refractivity contribution in [3.8, 4) is 0 Å². The number of hydrogen-bond donors (Lipinski definition) is 2. The van der Waals surface area contributed by atoms with Crippen molar-refractivity contribution in [2.24, 2.45) is 0 Å². The molecule has 2 rings (SSSR count). The van der Waals surface area contributed by atoms with Crippen LogP contribution in [0.4, 0.5) is 10.1 Å². The van der Waals surface area contributed by atoms with E-state index in [9.17, 15) is 12.8 Å². The molecule has 0 saturated heterocycles. The molecular formula is C12H17FN2O3S. The van der Waals surface area contributed by atoms with Gasteiger partial charge in [0, 0.05) is 13.2 Å². The Morgan fingerprint density at radius 3 is 2.79 bits per heavy atom. The maximum Gasteiger partial charge on any atom is 0.242 e. The summed E-state index contributed by atoms with van der Waals surface area (Å²) < 4.78 is 45.2. The van der Waals surface area contributed by atoms with Gasteiger partial charge in [0.15, 0.2) is 0 Å². The number of hydrogen-bond acceptors (Lipinski definition) is 4. The zero-order valence-corrected chi connectivity index (χ0v) is 11.4. The minimum atomic E-state index is -3.80. The molecule has 0 spiro atoms. The van der Waals surface area contributed by atoms with E-state index in [4.69, 9.17) is 10.5 Å². The first kappa shape index (κ1) is 14.2. The minimum Gasteiger partial charge on any atom is -0.398 e. The highest BCUT2D eigenvalue weighted by molar-refractivity contribution is 7.89. The first-order valence-corrected chi connectivity index (χ1v) is 7.51. The Bertz CT molecular complexity index is 562. The molecule has 1 aliphatic carbocycles. The third-order valence-corrected chi connectivity index (χ3v) is 4.88. The molecule has 19 heavy (non-hydrogen) atoms. The van der Waals surface area contributed by atoms with Gasteiger partial charge >= 0.3 is 0 Å². The second kappa shape index (κ2) is 5.44. The number of ether oxygens (including phenoxy) is 1. The van der Waals surface area contributed by atoms with Crippen LogP contribution in [0.2, 0.25) is 0 Å². The summed E-state index contributed by atoms with van der Waals surface area (Å²) in [6.07, 6.45) is 2.19. The predicted octanol–water partition coefficient (Wildman–Crippen LogP) is 1.25. The number of nitrogen functional groups attached to an aromatic ring is 1. The monoisotopic (exact) mass is 288 g/mol. The third-order valence-electron chi connectivity index (χ3n) is 3.30. The molecule has 3 N–H and O–H groups in total. The first-order chi connectivity index (χ1) is 8.92. The normalized spacial score (nSPS) is 23.7. The lowest BCUT2D eigenvalue weighted by molar-refractivity contribution is 0.107. The Balaban J connectivity index is 2.17. The van der Waals surface area contributed by atoms with Crippen LogP contribution in [0.5, 0.6) is 0 Å². The highest BCUT2D eigenvalue weighted by Crippen LogP contribution is 2.25. The van der Waals surface area contributed by atoms with Crippen LogP contribution in [-0.4, -0.2) is 27.7 Å². The van der Waals surface area contributed by atoms with Crippen molar-refractivity contribution in [1.29, 1.82) is 0 Å². The van der Waals surface area contributed by atoms with Gasteiger partial charge in [0.2, 0.25) is 10.0 Å². The highest BCUT2D eigenvalue weighted by atomic mass is 32.2. The maximum absolute atomic E-state index is 13.1. The van der Waals surface area contributed by atoms with Gasteiger partial charge in [0.05, 0.1) is 11.8 Å². The number of sulfonamides is 1. The number of rotatable bonds is 4. The summed E-state index contributed by atoms with van der Waals surface area (Å²) in [5, 5.41) is 0. The van der Waals surface area contributed by atoms with E-state index in [1.54, 1.807) is 7.11 Å². The van der Waals surface area contributed by atoms with Gasteiger partial charge in [-0.1, -0.05) is 0 Å². The second-order valence-corrected chi connectivity index (χ2v) is 6.35. The van der Waals surface area contributed by atoms with Gasteiger partial charge < -0.3 is 10.5 Å². The molecule has 7 heteroatoms. The zero-order valence-electron chi connectivity index (χ0n) is 10.6. The van der Waals surface area contributed by atoms with Crippen molar-refractivity contribution in [3.63, 3.8) is 0 Å². The Hall–Kier alpha value is -1.18. The molecule has 1 fully saturated rings. The van der Waals surface area contributed by atoms with Gasteiger partial charge in [-0.15, -0.1) is 0 Å². The van der Waals surface area contributed by atoms with Crippen LogP contribution in [0.3, 0.4) is 0 Å². The van der Waals surface area contributed by atoms with E-state index in [1.165, 1.54) is 6.07 Å². The zero-order chi connectivity index (χ0) is 14.0. The van der Waals surface area contributed by atoms with Gasteiger partial charge in [0.25, 0.3) is 0 Å². The topological polar surface area (TPSA) is 81.4 Å². The molecule has 1 aromatic rings. The summed E-state index contributed by atoms with van der Waals surface area (Å²) in [7, 11) is -2.20. The lowest BCUT2D eigenvalue weighted by Gasteiger charge is -2.14. The average molecular weight is 288 g/mol. The second-order valence-electron chi connectivity index (χ2n) is 4.67. The maximum atomic E-state index is 13.1. The lowest BCUT2D eigenvalue weighted by atomic mass is 10.3. The van der Waals surface area contributed by atoms with E-state index in [0.29, 0.717) is 12.8 Å². The molecule has 0 aliphatic heterocycles. The molecule has 0 bridgehead atoms. The molecule has 2 unspecified atom stereocenters. The van der Waals surface area contributed by atoms with Crippen LogP contribution in [0.25, 0.3) is 0 Å². The van der Waals surface area contributed by atoms with Crippen LogP contribution in [0, 0.1) is 5.82 Å². The summed E-state index contributed by atoms with van der Waals surface area (Å²) >= 11 is 0. The van der Waals surface area contributed by atoms with Crippen LogP contribution in [0.15, 0.2) is 23.1 Å². The fourth-order valence-corrected chi connectivity index (χ4v) is 3.71. The average Bonchev–Trinajstić information content (AvgIpc) is 2.79. The van der Waals surface area contributed by atoms with Crippen molar-refractivity contribution in [3.05, 3.63) is 24.0 Å². The molecule has 2 atom stereocenters. The molecule has 0 aromatic heterocycles. The van der Waals surface area contributed by atoms with Gasteiger partial charge in [-0.05, 0) is 37.5 Å². The SMILES string of the molecule is COC1CCC(NS(=O)(=O)c2cc(F)ccc2N)C1. The van der Waals surface area contributed by atoms with Crippen molar-refractivity contribution in [2.45, 2.75) is 36.3 Å². The molecule has 1 aliphatic rings. The van der Waals surface area contributed by atoms with E-state index < -0.39 is 15.8 Å². The number of nitrogens with one attached hydrogen (secondary N) is 1. The molecule has 0 heterocycles. The Labute approximate surface area is 112 Å². The summed E-state index contributed by atoms with van der Waals surface area (Å²) in [6.45, 7) is 0. The van der Waals surface area contributed by atoms with Crippen molar-refractivity contribution in [2.75, 3.05) is 12.8 Å². The number of nitrogens with two attached hydrogens (primary N) is 1. The quantitative estimate of drug-likeness (QED) is 0.817. The van der Waals surface area contributed by atoms with Gasteiger partial charge in [-0.3, -0.25) is 0 Å². The van der Waals surface area contributed by atoms with Crippen LogP contribution in [-0.2, 0) is 14.8 Å². The summed E-state index contributed by atoms with van der Waals surface area (Å²) in [5.74, 6) is -0.629. The van der Waals surface area contributed by atoms with Gasteiger partial charge in [0.1, 0.15) is 10.7 Å². The summed E-state index contributed by atoms with van der Waals surface area (Å²) in [4.78, 5) is -0.214. The van der Waals surface area contributed by atoms with Gasteiger partial charge in [-0.2, -0.15) is 0 Å². The molecule has 5 nitrogen and oxygen atoms in total. The Morgan fingerprint density at radius 1 is 1.42 bits per heavy atom. The van der Waals surface area contributed by atoms with E-state index in [-0.39, 0.29) is 22.7 Å². The van der Waals surface area contributed by atoms with Crippen LogP contribution < -0.4 is 10.5 Å². The number of anilines is 1. The largest absolute Gasteiger partial charge is 0.398 e. The van der Waals surface area contributed by atoms with Gasteiger partial charge in [-0.25, -0.2) is 17.5 Å². The van der Waals surface area contributed by atoms with Crippen molar-refractivity contribution in [1.82, 2.24) is 4.72 Å². The van der Waals surface area contributed by atoms with E-state index in [2.05, 4.69) is 4.72 Å². The molecule has 1 aromatic carbocycles. The number of benzene rings is 1. The fraction of sp³-hybridized carbons (Fsp3) is 0.500. The number of methoxy groups -OCH3 is 1. The Morgan fingerprint density at radius 2 is 2.16 bits per heavy atom. The van der Waals surface area contributed by atoms with Crippen LogP contribution >= 0.6 is 0 Å². The van der Waals surface area contributed by atoms with Crippen molar-refractivity contribution >= 4 is 15.7 Å². The van der Waals surface area contributed by atoms with Crippen molar-refractivity contribution < 1.29 is 17.5 Å². The highest BCUT2D eigenvalue weighted by Gasteiger charge is 2.29. The summed E-state index contributed by atoms with van der Waals surface area (Å²) in [6, 6.07) is 3.11. The molecule has 0 radical (unpaired) electrons. The number of halogens is 1. The smallest absolute Gasteiger partial charge is 0.242 e. The third kappa shape index (κ3) is 3.23. The molecule has 0 amide bonds. The van der Waals surface area contributed by atoms with E-state index >= 15 is 0 Å². The predicted molar refractivity (Wildman–Crippen MR) is 69.6 cm³/mol. The Kier molecular flexibility index (Phi) is 4.07. The summed E-state index contributed by atoms with van der Waals surface area (Å²) in [5.41, 5.74) is 5.63. The molecular weight excluding hydrogens is 271 g/mol. The van der Waals surface area contributed by atoms with Crippen LogP contribution in [0.1, 0.15) is 19.3 Å². The fourth-order valence-electron chi connectivity index (χ4n) is 2.29. The minimum absolute atomic E-state index is 0.0372. The first-order valence-electron chi connectivity index (χ1n) is 6.02. The molecule has 1 saturated carbocycles. The van der Waals surface area contributed by atoms with E-state index in [1.807, 2.05) is 0 Å². The molecule has 106 valence electrons. The lowest BCUT2D eigenvalue weighted by Crippen LogP contribution is -2.33.